The number of aromatic nitrogens is 1. The number of rotatable bonds is 4. The maximum atomic E-state index is 13.2. The van der Waals surface area contributed by atoms with E-state index in [1.807, 2.05) is 17.5 Å². The number of likely N-dealkylation sites (N-methyl/N-ethyl adjacent to an activating group) is 1. The molecule has 2 aromatic heterocycles. The van der Waals surface area contributed by atoms with E-state index in [4.69, 9.17) is 11.1 Å². The molecule has 0 fully saturated rings. The molecule has 1 unspecified atom stereocenters. The Morgan fingerprint density at radius 1 is 1.37 bits per heavy atom. The molecule has 1 aliphatic rings. The second kappa shape index (κ2) is 9.15. The zero-order chi connectivity index (χ0) is 25.5. The topological polar surface area (TPSA) is 137 Å². The molecular weight excluding hydrogens is 485 g/mol. The summed E-state index contributed by atoms with van der Waals surface area (Å²) in [6.07, 6.45) is -6.29. The average molecular weight is 507 g/mol. The maximum Gasteiger partial charge on any atom is 0.418 e. The molecule has 4 rings (SSSR count). The van der Waals surface area contributed by atoms with Crippen LogP contribution in [0.3, 0.4) is 0 Å². The Labute approximate surface area is 201 Å². The molecular formula is C22H21F3N6O3S. The SMILES string of the molecule is CN1C(=O)[C@@H](NC(=O)C(N)=NC(=N)Cc2cccs2)Cn2cc(C(O)C(F)(F)F)c3cccc1c32. The molecule has 2 amide bonds. The summed E-state index contributed by atoms with van der Waals surface area (Å²) in [4.78, 5) is 31.6. The molecule has 0 bridgehead atoms. The molecule has 0 radical (unpaired) electrons. The molecule has 3 aromatic rings. The zero-order valence-corrected chi connectivity index (χ0v) is 19.2. The molecule has 13 heteroatoms. The lowest BCUT2D eigenvalue weighted by molar-refractivity contribution is -0.206. The monoisotopic (exact) mass is 506 g/mol. The minimum Gasteiger partial charge on any atom is -0.379 e. The first-order valence-electron chi connectivity index (χ1n) is 10.4. The molecule has 184 valence electrons. The first kappa shape index (κ1) is 24.4. The number of anilines is 1. The normalized spacial score (nSPS) is 17.4. The number of carbonyl (C=O) groups excluding carboxylic acids is 2. The van der Waals surface area contributed by atoms with Gasteiger partial charge in [0.1, 0.15) is 11.9 Å². The molecule has 2 atom stereocenters. The van der Waals surface area contributed by atoms with E-state index in [9.17, 15) is 27.9 Å². The first-order valence-corrected chi connectivity index (χ1v) is 11.2. The van der Waals surface area contributed by atoms with E-state index in [-0.39, 0.29) is 29.8 Å². The molecule has 1 aromatic carbocycles. The summed E-state index contributed by atoms with van der Waals surface area (Å²) < 4.78 is 41.1. The van der Waals surface area contributed by atoms with E-state index in [1.165, 1.54) is 40.0 Å². The van der Waals surface area contributed by atoms with Crippen LogP contribution in [-0.2, 0) is 22.6 Å². The van der Waals surface area contributed by atoms with Crippen molar-refractivity contribution in [2.45, 2.75) is 31.3 Å². The lowest BCUT2D eigenvalue weighted by atomic mass is 10.1. The van der Waals surface area contributed by atoms with Gasteiger partial charge in [0.25, 0.3) is 11.8 Å². The van der Waals surface area contributed by atoms with Crippen LogP contribution in [-0.4, -0.2) is 52.4 Å². The molecule has 0 aliphatic carbocycles. The van der Waals surface area contributed by atoms with E-state index in [2.05, 4.69) is 10.3 Å². The van der Waals surface area contributed by atoms with Gasteiger partial charge in [-0.05, 0) is 17.5 Å². The first-order chi connectivity index (χ1) is 16.5. The highest BCUT2D eigenvalue weighted by Crippen LogP contribution is 2.40. The fraction of sp³-hybridized carbons (Fsp3) is 0.273. The van der Waals surface area contributed by atoms with Crippen LogP contribution in [0, 0.1) is 5.41 Å². The number of aliphatic imine (C=N–C) groups is 1. The summed E-state index contributed by atoms with van der Waals surface area (Å²) in [6.45, 7) is -0.201. The highest BCUT2D eigenvalue weighted by molar-refractivity contribution is 7.10. The number of hydrogen-bond acceptors (Lipinski definition) is 5. The van der Waals surface area contributed by atoms with Gasteiger partial charge in [-0.15, -0.1) is 11.3 Å². The van der Waals surface area contributed by atoms with E-state index < -0.39 is 36.0 Å². The Bertz CT molecular complexity index is 1330. The number of amidine groups is 2. The number of nitrogens with two attached hydrogens (primary N) is 1. The van der Waals surface area contributed by atoms with E-state index in [1.54, 1.807) is 6.07 Å². The number of nitrogens with one attached hydrogen (secondary N) is 2. The summed E-state index contributed by atoms with van der Waals surface area (Å²) in [5.74, 6) is -2.07. The number of para-hydroxylation sites is 1. The summed E-state index contributed by atoms with van der Waals surface area (Å²) in [5, 5.41) is 22.3. The van der Waals surface area contributed by atoms with Gasteiger partial charge in [-0.25, -0.2) is 4.99 Å². The van der Waals surface area contributed by atoms with E-state index in [0.29, 0.717) is 11.2 Å². The number of aliphatic hydroxyl groups excluding tert-OH is 1. The molecule has 5 N–H and O–H groups in total. The molecule has 0 saturated carbocycles. The Kier molecular flexibility index (Phi) is 6.38. The standard InChI is InChI=1S/C22H21F3N6O3S/c1-30-15-6-2-5-12-13(18(32)22(23,24)25)9-31(17(12)15)10-14(21(30)34)28-20(33)19(27)29-16(26)8-11-4-3-7-35-11/h2-7,9,14,18,32H,8,10H2,1H3,(H,28,33)(H3,26,27,29)/t14-,18?/m0/s1. The van der Waals surface area contributed by atoms with Crippen LogP contribution >= 0.6 is 11.3 Å². The van der Waals surface area contributed by atoms with Crippen LogP contribution in [0.25, 0.3) is 10.9 Å². The predicted molar refractivity (Wildman–Crippen MR) is 126 cm³/mol. The van der Waals surface area contributed by atoms with Crippen molar-refractivity contribution >= 4 is 51.4 Å². The third-order valence-electron chi connectivity index (χ3n) is 5.60. The van der Waals surface area contributed by atoms with Gasteiger partial charge in [-0.3, -0.25) is 15.0 Å². The van der Waals surface area contributed by atoms with Crippen molar-refractivity contribution in [1.82, 2.24) is 9.88 Å². The maximum absolute atomic E-state index is 13.2. The molecule has 1 aliphatic heterocycles. The van der Waals surface area contributed by atoms with Gasteiger partial charge in [0.05, 0.1) is 17.7 Å². The molecule has 0 saturated heterocycles. The van der Waals surface area contributed by atoms with Gasteiger partial charge in [0, 0.05) is 35.5 Å². The van der Waals surface area contributed by atoms with Crippen LogP contribution in [0.15, 0.2) is 46.9 Å². The number of halogens is 3. The van der Waals surface area contributed by atoms with Gasteiger partial charge in [0.2, 0.25) is 0 Å². The van der Waals surface area contributed by atoms with Crippen molar-refractivity contribution in [3.63, 3.8) is 0 Å². The van der Waals surface area contributed by atoms with Gasteiger partial charge in [0.15, 0.2) is 11.9 Å². The number of alkyl halides is 3. The van der Waals surface area contributed by atoms with Gasteiger partial charge in [-0.1, -0.05) is 18.2 Å². The molecule has 0 spiro atoms. The third kappa shape index (κ3) is 4.77. The fourth-order valence-corrected chi connectivity index (χ4v) is 4.67. The van der Waals surface area contributed by atoms with Crippen molar-refractivity contribution in [2.75, 3.05) is 11.9 Å². The third-order valence-corrected chi connectivity index (χ3v) is 6.47. The second-order valence-electron chi connectivity index (χ2n) is 7.98. The largest absolute Gasteiger partial charge is 0.418 e. The minimum atomic E-state index is -4.88. The Hall–Kier alpha value is -3.71. The minimum absolute atomic E-state index is 0.141. The van der Waals surface area contributed by atoms with Gasteiger partial charge >= 0.3 is 6.18 Å². The number of aliphatic hydroxyl groups is 1. The lowest BCUT2D eigenvalue weighted by Crippen LogP contribution is -2.51. The van der Waals surface area contributed by atoms with Gasteiger partial charge in [-0.2, -0.15) is 13.2 Å². The number of nitrogens with zero attached hydrogens (tertiary/aromatic N) is 3. The van der Waals surface area contributed by atoms with Crippen molar-refractivity contribution in [3.8, 4) is 0 Å². The smallest absolute Gasteiger partial charge is 0.379 e. The Balaban J connectivity index is 1.61. The highest BCUT2D eigenvalue weighted by Gasteiger charge is 2.42. The summed E-state index contributed by atoms with van der Waals surface area (Å²) in [7, 11) is 1.44. The molecule has 35 heavy (non-hydrogen) atoms. The summed E-state index contributed by atoms with van der Waals surface area (Å²) in [6, 6.07) is 6.92. The average Bonchev–Trinajstić information content (AvgIpc) is 3.41. The number of hydrogen-bond donors (Lipinski definition) is 4. The second-order valence-corrected chi connectivity index (χ2v) is 9.01. The van der Waals surface area contributed by atoms with Gasteiger partial charge < -0.3 is 25.6 Å². The molecule has 9 nitrogen and oxygen atoms in total. The quantitative estimate of drug-likeness (QED) is 0.319. The predicted octanol–water partition coefficient (Wildman–Crippen LogP) is 2.34. The van der Waals surface area contributed by atoms with Crippen molar-refractivity contribution in [1.29, 1.82) is 5.41 Å². The Morgan fingerprint density at radius 3 is 2.77 bits per heavy atom. The van der Waals surface area contributed by atoms with Crippen LogP contribution < -0.4 is 16.0 Å². The fourth-order valence-electron chi connectivity index (χ4n) is 3.96. The summed E-state index contributed by atoms with van der Waals surface area (Å²) in [5.41, 5.74) is 6.03. The van der Waals surface area contributed by atoms with E-state index >= 15 is 0 Å². The number of benzene rings is 1. The van der Waals surface area contributed by atoms with Crippen molar-refractivity contribution < 1.29 is 27.9 Å². The van der Waals surface area contributed by atoms with Crippen molar-refractivity contribution in [2.24, 2.45) is 10.7 Å². The van der Waals surface area contributed by atoms with Crippen LogP contribution in [0.2, 0.25) is 0 Å². The highest BCUT2D eigenvalue weighted by atomic mass is 32.1. The van der Waals surface area contributed by atoms with Crippen LogP contribution in [0.5, 0.6) is 0 Å². The molecule has 3 heterocycles. The lowest BCUT2D eigenvalue weighted by Gasteiger charge is -2.22. The summed E-state index contributed by atoms with van der Waals surface area (Å²) >= 11 is 1.42. The zero-order valence-electron chi connectivity index (χ0n) is 18.3. The number of carbonyl (C=O) groups is 2. The van der Waals surface area contributed by atoms with Crippen molar-refractivity contribution in [3.05, 3.63) is 52.3 Å². The Morgan fingerprint density at radius 2 is 2.11 bits per heavy atom. The number of amides is 2. The van der Waals surface area contributed by atoms with Crippen LogP contribution in [0.1, 0.15) is 16.5 Å². The van der Waals surface area contributed by atoms with E-state index in [0.717, 1.165) is 11.1 Å². The number of thiophene rings is 1. The van der Waals surface area contributed by atoms with Crippen LogP contribution in [0.4, 0.5) is 18.9 Å².